The Morgan fingerprint density at radius 3 is 1.54 bits per heavy atom. The molecule has 5 N–H and O–H groups in total. The molecule has 26 heavy (non-hydrogen) atoms. The van der Waals surface area contributed by atoms with Crippen LogP contribution >= 0.6 is 7.60 Å². The summed E-state index contributed by atoms with van der Waals surface area (Å²) in [5, 5.41) is 0. The lowest BCUT2D eigenvalue weighted by Crippen LogP contribution is -2.13. The highest BCUT2D eigenvalue weighted by Crippen LogP contribution is 2.41. The van der Waals surface area contributed by atoms with Crippen LogP contribution in [-0.4, -0.2) is 48.7 Å². The molecule has 1 rings (SSSR count). The largest absolute Gasteiger partial charge is 0.329 e. The van der Waals surface area contributed by atoms with Crippen LogP contribution in [0.5, 0.6) is 0 Å². The van der Waals surface area contributed by atoms with Crippen molar-refractivity contribution in [1.82, 2.24) is 0 Å². The third-order valence-corrected chi connectivity index (χ3v) is 5.66. The summed E-state index contributed by atoms with van der Waals surface area (Å²) < 4.78 is 105. The van der Waals surface area contributed by atoms with E-state index >= 15 is 0 Å². The summed E-state index contributed by atoms with van der Waals surface area (Å²) in [4.78, 5) is 18.2. The second kappa shape index (κ2) is 7.61. The van der Waals surface area contributed by atoms with Gasteiger partial charge in [0.15, 0.2) is 0 Å². The molecule has 0 bridgehead atoms. The lowest BCUT2D eigenvalue weighted by Gasteiger charge is -2.16. The standard InChI is InChI=1S/C10H15O12PS3/c11-23(12,13)3-8-1-7(4-24(14,15)16)2-9(5-25(17,18)19)10(8)6-26(20,21)22/h1-2H,3-6H2,(H2,11,12,13)(H,14,15,16)(H,17,18,19)(H,20,21,22). The van der Waals surface area contributed by atoms with Gasteiger partial charge >= 0.3 is 7.60 Å². The fraction of sp³-hybridized carbons (Fsp3) is 0.400. The molecule has 150 valence electrons. The number of hydrogen-bond acceptors (Lipinski definition) is 7. The lowest BCUT2D eigenvalue weighted by molar-refractivity contribution is 0.371. The van der Waals surface area contributed by atoms with Gasteiger partial charge in [0.2, 0.25) is 0 Å². The highest BCUT2D eigenvalue weighted by Gasteiger charge is 2.25. The normalized spacial score (nSPS) is 13.7. The Morgan fingerprint density at radius 1 is 0.731 bits per heavy atom. The SMILES string of the molecule is O=P(O)(O)Cc1cc(CS(=O)(=O)O)cc(CS(=O)(=O)O)c1CS(=O)(=O)O. The smallest absolute Gasteiger partial charge is 0.324 e. The quantitative estimate of drug-likeness (QED) is 0.248. The van der Waals surface area contributed by atoms with Crippen molar-refractivity contribution in [3.63, 3.8) is 0 Å². The van der Waals surface area contributed by atoms with Crippen molar-refractivity contribution in [1.29, 1.82) is 0 Å². The molecule has 0 radical (unpaired) electrons. The van der Waals surface area contributed by atoms with Crippen LogP contribution in [-0.2, 0) is 58.3 Å². The van der Waals surface area contributed by atoms with Crippen molar-refractivity contribution in [2.45, 2.75) is 23.4 Å². The lowest BCUT2D eigenvalue weighted by atomic mass is 10.0. The van der Waals surface area contributed by atoms with Crippen molar-refractivity contribution >= 4 is 38.0 Å². The van der Waals surface area contributed by atoms with Crippen LogP contribution in [0.15, 0.2) is 12.1 Å². The Hall–Kier alpha value is -0.900. The van der Waals surface area contributed by atoms with Crippen LogP contribution in [0.2, 0.25) is 0 Å². The van der Waals surface area contributed by atoms with Gasteiger partial charge in [0.25, 0.3) is 30.4 Å². The molecule has 0 aromatic heterocycles. The number of benzene rings is 1. The molecular weight excluding hydrogens is 439 g/mol. The summed E-state index contributed by atoms with van der Waals surface area (Å²) >= 11 is 0. The van der Waals surface area contributed by atoms with Crippen LogP contribution in [0.3, 0.4) is 0 Å². The van der Waals surface area contributed by atoms with Crippen LogP contribution < -0.4 is 0 Å². The van der Waals surface area contributed by atoms with E-state index in [1.165, 1.54) is 0 Å². The predicted molar refractivity (Wildman–Crippen MR) is 87.9 cm³/mol. The van der Waals surface area contributed by atoms with E-state index in [-0.39, 0.29) is 5.56 Å². The van der Waals surface area contributed by atoms with E-state index in [9.17, 15) is 29.8 Å². The Morgan fingerprint density at radius 2 is 1.15 bits per heavy atom. The molecule has 0 unspecified atom stereocenters. The molecule has 16 heteroatoms. The molecule has 0 spiro atoms. The monoisotopic (exact) mass is 454 g/mol. The van der Waals surface area contributed by atoms with Gasteiger partial charge < -0.3 is 9.79 Å². The van der Waals surface area contributed by atoms with E-state index in [1.807, 2.05) is 0 Å². The highest BCUT2D eigenvalue weighted by molar-refractivity contribution is 7.85. The van der Waals surface area contributed by atoms with Crippen molar-refractivity contribution in [3.05, 3.63) is 34.4 Å². The van der Waals surface area contributed by atoms with Gasteiger partial charge in [-0.2, -0.15) is 25.3 Å². The average molecular weight is 454 g/mol. The zero-order chi connectivity index (χ0) is 20.6. The predicted octanol–water partition coefficient (Wildman–Crippen LogP) is -0.472. The molecule has 0 aliphatic rings. The maximum Gasteiger partial charge on any atom is 0.329 e. The molecule has 0 amide bonds. The van der Waals surface area contributed by atoms with Crippen LogP contribution in [0, 0.1) is 0 Å². The zero-order valence-electron chi connectivity index (χ0n) is 12.7. The van der Waals surface area contributed by atoms with Crippen molar-refractivity contribution in [2.75, 3.05) is 0 Å². The first-order chi connectivity index (χ1) is 11.3. The van der Waals surface area contributed by atoms with Crippen LogP contribution in [0.1, 0.15) is 22.3 Å². The molecule has 12 nitrogen and oxygen atoms in total. The molecule has 0 fully saturated rings. The van der Waals surface area contributed by atoms with Gasteiger partial charge in [0, 0.05) is 0 Å². The Kier molecular flexibility index (Phi) is 6.78. The molecule has 0 aliphatic carbocycles. The summed E-state index contributed by atoms with van der Waals surface area (Å²) in [5.74, 6) is -3.52. The van der Waals surface area contributed by atoms with E-state index in [0.717, 1.165) is 12.1 Å². The van der Waals surface area contributed by atoms with E-state index in [1.54, 1.807) is 0 Å². The second-order valence-corrected chi connectivity index (χ2v) is 11.4. The number of rotatable bonds is 8. The van der Waals surface area contributed by atoms with Crippen molar-refractivity contribution < 1.29 is 53.3 Å². The molecule has 0 aliphatic heterocycles. The first kappa shape index (κ1) is 23.1. The van der Waals surface area contributed by atoms with Crippen LogP contribution in [0.4, 0.5) is 0 Å². The third kappa shape index (κ3) is 9.16. The molecule has 0 atom stereocenters. The average Bonchev–Trinajstić information content (AvgIpc) is 2.25. The molecule has 0 saturated carbocycles. The number of hydrogen-bond donors (Lipinski definition) is 5. The molecular formula is C10H15O12PS3. The third-order valence-electron chi connectivity index (χ3n) is 2.88. The van der Waals surface area contributed by atoms with E-state index in [4.69, 9.17) is 23.4 Å². The highest BCUT2D eigenvalue weighted by atomic mass is 32.2. The summed E-state index contributed by atoms with van der Waals surface area (Å²) in [6.45, 7) is 0. The fourth-order valence-electron chi connectivity index (χ4n) is 2.22. The Labute approximate surface area is 149 Å². The van der Waals surface area contributed by atoms with Gasteiger partial charge in [0.05, 0.1) is 6.16 Å². The maximum absolute atomic E-state index is 11.3. The summed E-state index contributed by atoms with van der Waals surface area (Å²) in [6, 6.07) is 1.67. The van der Waals surface area contributed by atoms with Gasteiger partial charge in [-0.15, -0.1) is 0 Å². The van der Waals surface area contributed by atoms with Gasteiger partial charge in [-0.3, -0.25) is 18.2 Å². The van der Waals surface area contributed by atoms with E-state index in [2.05, 4.69) is 0 Å². The minimum atomic E-state index is -4.82. The van der Waals surface area contributed by atoms with Crippen LogP contribution in [0.25, 0.3) is 0 Å². The van der Waals surface area contributed by atoms with Crippen molar-refractivity contribution in [3.8, 4) is 0 Å². The summed E-state index contributed by atoms with van der Waals surface area (Å²) in [7, 11) is -19.0. The van der Waals surface area contributed by atoms with Gasteiger partial charge in [-0.25, -0.2) is 0 Å². The first-order valence-corrected chi connectivity index (χ1v) is 13.0. The van der Waals surface area contributed by atoms with Gasteiger partial charge in [-0.05, 0) is 22.3 Å². The Bertz CT molecular complexity index is 1050. The fourth-order valence-corrected chi connectivity index (χ4v) is 4.92. The summed E-state index contributed by atoms with van der Waals surface area (Å²) in [5.41, 5.74) is -1.80. The topological polar surface area (TPSA) is 221 Å². The first-order valence-electron chi connectivity index (χ1n) is 6.38. The van der Waals surface area contributed by atoms with E-state index < -0.39 is 78.1 Å². The molecule has 0 heterocycles. The summed E-state index contributed by atoms with van der Waals surface area (Å²) in [6.07, 6.45) is -1.10. The minimum absolute atomic E-state index is 0.311. The second-order valence-electron chi connectivity index (χ2n) is 5.39. The minimum Gasteiger partial charge on any atom is -0.324 e. The zero-order valence-corrected chi connectivity index (χ0v) is 16.1. The van der Waals surface area contributed by atoms with Crippen molar-refractivity contribution in [2.24, 2.45) is 0 Å². The molecule has 1 aromatic carbocycles. The van der Waals surface area contributed by atoms with E-state index in [0.29, 0.717) is 0 Å². The van der Waals surface area contributed by atoms with Gasteiger partial charge in [0.1, 0.15) is 17.3 Å². The van der Waals surface area contributed by atoms with Gasteiger partial charge in [-0.1, -0.05) is 12.1 Å². The molecule has 1 aromatic rings. The molecule has 0 saturated heterocycles. The maximum atomic E-state index is 11.3. The Balaban J connectivity index is 3.75.